The molecule has 150 valence electrons. The van der Waals surface area contributed by atoms with Gasteiger partial charge in [0.2, 0.25) is 0 Å². The van der Waals surface area contributed by atoms with Crippen LogP contribution in [0.5, 0.6) is 5.75 Å². The van der Waals surface area contributed by atoms with Crippen molar-refractivity contribution in [3.05, 3.63) is 101 Å². The van der Waals surface area contributed by atoms with Crippen LogP contribution in [0.3, 0.4) is 0 Å². The maximum absolute atomic E-state index is 12.5. The van der Waals surface area contributed by atoms with Crippen LogP contribution in [-0.4, -0.2) is 12.5 Å². The summed E-state index contributed by atoms with van der Waals surface area (Å²) >= 11 is 0. The molecule has 6 heteroatoms. The molecule has 3 rings (SSSR count). The fraction of sp³-hybridized carbons (Fsp3) is 0.174. The van der Waals surface area contributed by atoms with Crippen LogP contribution in [0.1, 0.15) is 27.0 Å². The van der Waals surface area contributed by atoms with E-state index in [9.17, 15) is 13.6 Å². The molecule has 0 radical (unpaired) electrons. The Balaban J connectivity index is 1.49. The highest BCUT2D eigenvalue weighted by Gasteiger charge is 2.14. The van der Waals surface area contributed by atoms with Crippen LogP contribution in [0, 0.1) is 0 Å². The predicted octanol–water partition coefficient (Wildman–Crippen LogP) is 4.93. The molecule has 1 amide bonds. The van der Waals surface area contributed by atoms with Crippen LogP contribution in [-0.2, 0) is 24.5 Å². The van der Waals surface area contributed by atoms with Gasteiger partial charge in [-0.15, -0.1) is 0 Å². The normalized spacial score (nSPS) is 10.7. The lowest BCUT2D eigenvalue weighted by atomic mass is 10.1. The fourth-order valence-corrected chi connectivity index (χ4v) is 2.74. The number of carbonyl (C=O) groups excluding carboxylic acids is 1. The number of carbonyl (C=O) groups is 1. The van der Waals surface area contributed by atoms with Crippen LogP contribution in [0.4, 0.5) is 8.78 Å². The molecular formula is C23H21F2NO3. The monoisotopic (exact) mass is 397 g/mol. The van der Waals surface area contributed by atoms with E-state index in [0.717, 1.165) is 16.7 Å². The van der Waals surface area contributed by atoms with E-state index < -0.39 is 12.5 Å². The maximum Gasteiger partial charge on any atom is 0.387 e. The van der Waals surface area contributed by atoms with Gasteiger partial charge in [-0.05, 0) is 28.8 Å². The van der Waals surface area contributed by atoms with Crippen molar-refractivity contribution in [2.45, 2.75) is 26.4 Å². The summed E-state index contributed by atoms with van der Waals surface area (Å²) in [5.74, 6) is -0.623. The lowest BCUT2D eigenvalue weighted by Gasteiger charge is -2.11. The summed E-state index contributed by atoms with van der Waals surface area (Å²) in [5.41, 5.74) is 3.09. The molecule has 29 heavy (non-hydrogen) atoms. The van der Waals surface area contributed by atoms with Crippen molar-refractivity contribution in [1.29, 1.82) is 0 Å². The maximum atomic E-state index is 12.5. The second-order valence-corrected chi connectivity index (χ2v) is 6.35. The van der Waals surface area contributed by atoms with Crippen LogP contribution in [0.25, 0.3) is 0 Å². The van der Waals surface area contributed by atoms with Crippen molar-refractivity contribution in [2.75, 3.05) is 0 Å². The molecule has 0 aliphatic heterocycles. The van der Waals surface area contributed by atoms with Crippen molar-refractivity contribution in [3.63, 3.8) is 0 Å². The number of halogens is 2. The first-order valence-corrected chi connectivity index (χ1v) is 9.13. The molecule has 0 unspecified atom stereocenters. The average molecular weight is 397 g/mol. The van der Waals surface area contributed by atoms with Crippen molar-refractivity contribution < 1.29 is 23.0 Å². The topological polar surface area (TPSA) is 47.6 Å². The molecule has 3 aromatic carbocycles. The average Bonchev–Trinajstić information content (AvgIpc) is 2.74. The number of rotatable bonds is 9. The van der Waals surface area contributed by atoms with E-state index in [0.29, 0.717) is 13.2 Å². The number of alkyl halides is 2. The molecular weight excluding hydrogens is 376 g/mol. The third kappa shape index (κ3) is 6.40. The summed E-state index contributed by atoms with van der Waals surface area (Å²) in [4.78, 5) is 12.3. The molecule has 0 atom stereocenters. The highest BCUT2D eigenvalue weighted by atomic mass is 19.3. The van der Waals surface area contributed by atoms with E-state index in [2.05, 4.69) is 10.1 Å². The lowest BCUT2D eigenvalue weighted by molar-refractivity contribution is -0.0501. The molecule has 0 aliphatic carbocycles. The van der Waals surface area contributed by atoms with Gasteiger partial charge in [0.25, 0.3) is 5.91 Å². The molecule has 3 aromatic rings. The Bertz CT molecular complexity index is 915. The summed E-state index contributed by atoms with van der Waals surface area (Å²) in [6.07, 6.45) is 0. The van der Waals surface area contributed by atoms with Gasteiger partial charge < -0.3 is 14.8 Å². The zero-order valence-electron chi connectivity index (χ0n) is 15.7. The van der Waals surface area contributed by atoms with Crippen LogP contribution < -0.4 is 10.1 Å². The van der Waals surface area contributed by atoms with E-state index in [-0.39, 0.29) is 17.9 Å². The molecule has 0 spiro atoms. The first-order valence-electron chi connectivity index (χ1n) is 9.13. The number of ether oxygens (including phenoxy) is 2. The SMILES string of the molecule is O=C(NCc1ccc(COCc2ccccc2)cc1)c1ccccc1OC(F)F. The minimum Gasteiger partial charge on any atom is -0.434 e. The van der Waals surface area contributed by atoms with Gasteiger partial charge in [0, 0.05) is 6.54 Å². The number of hydrogen-bond donors (Lipinski definition) is 1. The number of amides is 1. The summed E-state index contributed by atoms with van der Waals surface area (Å²) in [7, 11) is 0. The van der Waals surface area contributed by atoms with Crippen LogP contribution in [0.2, 0.25) is 0 Å². The molecule has 0 aromatic heterocycles. The minimum atomic E-state index is -2.99. The van der Waals surface area contributed by atoms with Crippen LogP contribution >= 0.6 is 0 Å². The summed E-state index contributed by atoms with van der Waals surface area (Å²) < 4.78 is 35.0. The van der Waals surface area contributed by atoms with E-state index in [1.807, 2.05) is 54.6 Å². The number of hydrogen-bond acceptors (Lipinski definition) is 3. The van der Waals surface area contributed by atoms with Crippen molar-refractivity contribution >= 4 is 5.91 Å². The zero-order chi connectivity index (χ0) is 20.5. The molecule has 0 saturated heterocycles. The van der Waals surface area contributed by atoms with Gasteiger partial charge >= 0.3 is 6.61 Å². The van der Waals surface area contributed by atoms with Gasteiger partial charge in [0.1, 0.15) is 5.75 Å². The summed E-state index contributed by atoms with van der Waals surface area (Å²) in [5, 5.41) is 2.72. The third-order valence-electron chi connectivity index (χ3n) is 4.20. The summed E-state index contributed by atoms with van der Waals surface area (Å²) in [6.45, 7) is -1.69. The van der Waals surface area contributed by atoms with Gasteiger partial charge in [-0.3, -0.25) is 4.79 Å². The molecule has 0 saturated carbocycles. The van der Waals surface area contributed by atoms with E-state index in [1.54, 1.807) is 6.07 Å². The molecule has 1 N–H and O–H groups in total. The number of benzene rings is 3. The molecule has 4 nitrogen and oxygen atoms in total. The van der Waals surface area contributed by atoms with Gasteiger partial charge in [0.05, 0.1) is 18.8 Å². The lowest BCUT2D eigenvalue weighted by Crippen LogP contribution is -2.23. The Morgan fingerprint density at radius 2 is 1.38 bits per heavy atom. The van der Waals surface area contributed by atoms with Gasteiger partial charge in [-0.1, -0.05) is 66.7 Å². The second kappa shape index (κ2) is 10.3. The first kappa shape index (κ1) is 20.5. The molecule has 0 aliphatic rings. The third-order valence-corrected chi connectivity index (χ3v) is 4.20. The smallest absolute Gasteiger partial charge is 0.387 e. The Hall–Kier alpha value is -3.25. The van der Waals surface area contributed by atoms with Crippen molar-refractivity contribution in [1.82, 2.24) is 5.32 Å². The first-order chi connectivity index (χ1) is 14.1. The van der Waals surface area contributed by atoms with Crippen molar-refractivity contribution in [2.24, 2.45) is 0 Å². The minimum absolute atomic E-state index is 0.0683. The summed E-state index contributed by atoms with van der Waals surface area (Å²) in [6, 6.07) is 23.5. The standard InChI is InChI=1S/C23H21F2NO3/c24-23(25)29-21-9-5-4-8-20(21)22(27)26-14-17-10-12-19(13-11-17)16-28-15-18-6-2-1-3-7-18/h1-13,23H,14-16H2,(H,26,27). The highest BCUT2D eigenvalue weighted by molar-refractivity contribution is 5.96. The zero-order valence-corrected chi connectivity index (χ0v) is 15.7. The van der Waals surface area contributed by atoms with Crippen LogP contribution in [0.15, 0.2) is 78.9 Å². The number of para-hydroxylation sites is 1. The van der Waals surface area contributed by atoms with Crippen molar-refractivity contribution in [3.8, 4) is 5.75 Å². The van der Waals surface area contributed by atoms with Gasteiger partial charge in [0.15, 0.2) is 0 Å². The largest absolute Gasteiger partial charge is 0.434 e. The molecule has 0 heterocycles. The van der Waals surface area contributed by atoms with E-state index in [1.165, 1.54) is 18.2 Å². The Kier molecular flexibility index (Phi) is 7.30. The van der Waals surface area contributed by atoms with E-state index in [4.69, 9.17) is 4.74 Å². The number of nitrogens with one attached hydrogen (secondary N) is 1. The molecule has 0 bridgehead atoms. The highest BCUT2D eigenvalue weighted by Crippen LogP contribution is 2.20. The van der Waals surface area contributed by atoms with Gasteiger partial charge in [-0.2, -0.15) is 8.78 Å². The van der Waals surface area contributed by atoms with E-state index >= 15 is 0 Å². The predicted molar refractivity (Wildman–Crippen MR) is 106 cm³/mol. The Morgan fingerprint density at radius 3 is 2.07 bits per heavy atom. The Labute approximate surface area is 168 Å². The fourth-order valence-electron chi connectivity index (χ4n) is 2.74. The van der Waals surface area contributed by atoms with Gasteiger partial charge in [-0.25, -0.2) is 0 Å². The molecule has 0 fully saturated rings. The second-order valence-electron chi connectivity index (χ2n) is 6.35. The Morgan fingerprint density at radius 1 is 0.793 bits per heavy atom. The quantitative estimate of drug-likeness (QED) is 0.557.